The molecular weight excluding hydrogens is 348 g/mol. The quantitative estimate of drug-likeness (QED) is 0.465. The van der Waals surface area contributed by atoms with E-state index in [0.29, 0.717) is 10.5 Å². The van der Waals surface area contributed by atoms with E-state index in [2.05, 4.69) is 52.6 Å². The van der Waals surface area contributed by atoms with Gasteiger partial charge in [0.05, 0.1) is 11.7 Å². The first-order chi connectivity index (χ1) is 13.6. The fourth-order valence-electron chi connectivity index (χ4n) is 4.79. The van der Waals surface area contributed by atoms with Gasteiger partial charge < -0.3 is 4.57 Å². The lowest BCUT2D eigenvalue weighted by Gasteiger charge is -2.44. The van der Waals surface area contributed by atoms with Gasteiger partial charge in [-0.15, -0.1) is 0 Å². The first-order valence-corrected chi connectivity index (χ1v) is 10.3. The molecule has 0 spiro atoms. The van der Waals surface area contributed by atoms with Crippen LogP contribution < -0.4 is 4.48 Å². The van der Waals surface area contributed by atoms with E-state index < -0.39 is 0 Å². The summed E-state index contributed by atoms with van der Waals surface area (Å²) in [7, 11) is 0. The van der Waals surface area contributed by atoms with Crippen LogP contribution >= 0.6 is 0 Å². The lowest BCUT2D eigenvalue weighted by Crippen LogP contribution is -2.60. The van der Waals surface area contributed by atoms with Crippen LogP contribution in [0, 0.1) is 0 Å². The Bertz CT molecular complexity index is 912. The predicted molar refractivity (Wildman–Crippen MR) is 112 cm³/mol. The van der Waals surface area contributed by atoms with Crippen molar-refractivity contribution in [1.82, 2.24) is 19.0 Å². The molecule has 1 aromatic rings. The smallest absolute Gasteiger partial charge is 0.306 e. The number of aromatic nitrogens is 3. The molecule has 146 valence electrons. The third kappa shape index (κ3) is 3.35. The summed E-state index contributed by atoms with van der Waals surface area (Å²) in [6, 6.07) is 11.2. The Morgan fingerprint density at radius 1 is 1.14 bits per heavy atom. The Labute approximate surface area is 167 Å². The fraction of sp³-hybridized carbons (Fsp3) is 0.435. The molecule has 0 N–H and O–H groups in total. The summed E-state index contributed by atoms with van der Waals surface area (Å²) in [5, 5.41) is 0. The second-order valence-electron chi connectivity index (χ2n) is 8.26. The summed E-state index contributed by atoms with van der Waals surface area (Å²) >= 11 is 0. The van der Waals surface area contributed by atoms with Crippen LogP contribution in [0.1, 0.15) is 51.5 Å². The van der Waals surface area contributed by atoms with Crippen LogP contribution in [0.5, 0.6) is 0 Å². The third-order valence-corrected chi connectivity index (χ3v) is 6.30. The van der Waals surface area contributed by atoms with Crippen LogP contribution in [0.3, 0.4) is 0 Å². The lowest BCUT2D eigenvalue weighted by molar-refractivity contribution is -0.121. The maximum atomic E-state index is 12.5. The molecule has 1 aromatic carbocycles. The summed E-state index contributed by atoms with van der Waals surface area (Å²) < 4.78 is 2.56. The molecule has 1 saturated carbocycles. The number of quaternary nitrogens is 1. The molecule has 0 radical (unpaired) electrons. The highest BCUT2D eigenvalue weighted by Crippen LogP contribution is 2.36. The average molecular weight is 378 g/mol. The van der Waals surface area contributed by atoms with Gasteiger partial charge in [-0.1, -0.05) is 18.6 Å². The Kier molecular flexibility index (Phi) is 5.27. The molecule has 4 rings (SSSR count). The first kappa shape index (κ1) is 18.8. The minimum absolute atomic E-state index is 0.222. The molecule has 0 bridgehead atoms. The minimum Gasteiger partial charge on any atom is -0.348 e. The third-order valence-electron chi connectivity index (χ3n) is 6.30. The predicted octanol–water partition coefficient (Wildman–Crippen LogP) is 4.64. The zero-order chi connectivity index (χ0) is 19.6. The van der Waals surface area contributed by atoms with Crippen LogP contribution in [-0.2, 0) is 11.3 Å². The van der Waals surface area contributed by atoms with Gasteiger partial charge in [-0.3, -0.25) is 0 Å². The highest BCUT2D eigenvalue weighted by Gasteiger charge is 2.42. The SMILES string of the molecule is CC(C)[N+](C=O)(c1cccc(Cn2ccc3ncnc-3c2)c1)C1CCCCC1. The van der Waals surface area contributed by atoms with Crippen LogP contribution in [0.2, 0.25) is 0 Å². The topological polar surface area (TPSA) is 47.8 Å². The molecule has 28 heavy (non-hydrogen) atoms. The van der Waals surface area contributed by atoms with Crippen molar-refractivity contribution in [2.24, 2.45) is 0 Å². The van der Waals surface area contributed by atoms with Crippen molar-refractivity contribution in [2.75, 3.05) is 0 Å². The number of benzene rings is 1. The number of fused-ring (bicyclic) bond motifs is 1. The summed E-state index contributed by atoms with van der Waals surface area (Å²) in [6.45, 7) is 5.09. The number of hydrogen-bond donors (Lipinski definition) is 0. The van der Waals surface area contributed by atoms with Gasteiger partial charge in [-0.2, -0.15) is 0 Å². The number of imidazole rings is 1. The van der Waals surface area contributed by atoms with Crippen LogP contribution in [0.4, 0.5) is 5.69 Å². The van der Waals surface area contributed by atoms with Crippen molar-refractivity contribution in [2.45, 2.75) is 64.6 Å². The average Bonchev–Trinajstić information content (AvgIpc) is 3.18. The van der Waals surface area contributed by atoms with E-state index in [-0.39, 0.29) is 6.04 Å². The highest BCUT2D eigenvalue weighted by atomic mass is 16.1. The van der Waals surface area contributed by atoms with Gasteiger partial charge >= 0.3 is 6.41 Å². The second-order valence-corrected chi connectivity index (χ2v) is 8.26. The van der Waals surface area contributed by atoms with Crippen LogP contribution in [0.25, 0.3) is 11.4 Å². The van der Waals surface area contributed by atoms with Crippen molar-refractivity contribution >= 4 is 12.1 Å². The normalized spacial score (nSPS) is 17.7. The number of carbonyl (C=O) groups excluding carboxylic acids is 1. The summed E-state index contributed by atoms with van der Waals surface area (Å²) in [5.41, 5.74) is 4.13. The molecule has 0 saturated heterocycles. The van der Waals surface area contributed by atoms with E-state index in [1.807, 2.05) is 18.5 Å². The fourth-order valence-corrected chi connectivity index (χ4v) is 4.79. The van der Waals surface area contributed by atoms with E-state index in [1.165, 1.54) is 31.2 Å². The maximum absolute atomic E-state index is 12.5. The van der Waals surface area contributed by atoms with E-state index in [9.17, 15) is 4.79 Å². The number of hydrogen-bond acceptors (Lipinski definition) is 3. The summed E-state index contributed by atoms with van der Waals surface area (Å²) in [4.78, 5) is 21.0. The molecule has 2 aliphatic heterocycles. The first-order valence-electron chi connectivity index (χ1n) is 10.3. The number of carbonyl (C=O) groups is 1. The molecule has 1 amide bonds. The second kappa shape index (κ2) is 7.84. The Morgan fingerprint density at radius 2 is 1.93 bits per heavy atom. The molecule has 1 fully saturated rings. The van der Waals surface area contributed by atoms with E-state index in [4.69, 9.17) is 0 Å². The van der Waals surface area contributed by atoms with Crippen molar-refractivity contribution in [3.63, 3.8) is 0 Å². The van der Waals surface area contributed by atoms with Gasteiger partial charge in [0.15, 0.2) is 0 Å². The van der Waals surface area contributed by atoms with Crippen molar-refractivity contribution in [3.8, 4) is 11.4 Å². The molecule has 5 nitrogen and oxygen atoms in total. The number of pyridine rings is 1. The zero-order valence-corrected chi connectivity index (χ0v) is 16.8. The standard InChI is InChI=1S/C23H29N4O/c1-18(2)27(17-28,20-8-4-3-5-9-20)21-10-6-7-19(13-21)14-26-12-11-22-23(15-26)25-16-24-22/h6-7,10-13,15-18,20H,3-5,8-9,14H2,1-2H3/q+1. The molecule has 0 aromatic heterocycles. The maximum Gasteiger partial charge on any atom is 0.306 e. The molecule has 1 aliphatic carbocycles. The van der Waals surface area contributed by atoms with Gasteiger partial charge in [-0.25, -0.2) is 19.2 Å². The van der Waals surface area contributed by atoms with Crippen molar-refractivity contribution < 1.29 is 4.79 Å². The van der Waals surface area contributed by atoms with Gasteiger partial charge in [-0.05, 0) is 44.4 Å². The van der Waals surface area contributed by atoms with Crippen LogP contribution in [0.15, 0.2) is 49.1 Å². The zero-order valence-electron chi connectivity index (χ0n) is 16.8. The van der Waals surface area contributed by atoms with Crippen LogP contribution in [-0.4, -0.2) is 33.0 Å². The summed E-state index contributed by atoms with van der Waals surface area (Å²) in [6.07, 6.45) is 12.8. The van der Waals surface area contributed by atoms with Gasteiger partial charge in [0.1, 0.15) is 23.8 Å². The van der Waals surface area contributed by atoms with Crippen molar-refractivity contribution in [3.05, 3.63) is 54.6 Å². The van der Waals surface area contributed by atoms with E-state index in [1.54, 1.807) is 6.33 Å². The van der Waals surface area contributed by atoms with E-state index in [0.717, 1.165) is 36.5 Å². The Balaban J connectivity index is 1.67. The number of amides is 1. The monoisotopic (exact) mass is 377 g/mol. The molecular formula is C23H29N4O+. The number of nitrogens with zero attached hydrogens (tertiary/aromatic N) is 4. The Morgan fingerprint density at radius 3 is 2.68 bits per heavy atom. The highest BCUT2D eigenvalue weighted by molar-refractivity contribution is 5.71. The largest absolute Gasteiger partial charge is 0.348 e. The van der Waals surface area contributed by atoms with Gasteiger partial charge in [0.2, 0.25) is 0 Å². The molecule has 3 aliphatic rings. The summed E-state index contributed by atoms with van der Waals surface area (Å²) in [5.74, 6) is 0. The lowest BCUT2D eigenvalue weighted by atomic mass is 9.90. The molecule has 1 unspecified atom stereocenters. The molecule has 5 heteroatoms. The van der Waals surface area contributed by atoms with Crippen molar-refractivity contribution in [1.29, 1.82) is 0 Å². The molecule has 2 heterocycles. The molecule has 1 atom stereocenters. The number of rotatable bonds is 6. The Hall–Kier alpha value is -2.53. The van der Waals surface area contributed by atoms with Gasteiger partial charge in [0.25, 0.3) is 0 Å². The van der Waals surface area contributed by atoms with Gasteiger partial charge in [0, 0.05) is 37.8 Å². The minimum atomic E-state index is 0.222. The van der Waals surface area contributed by atoms with E-state index >= 15 is 0 Å².